The summed E-state index contributed by atoms with van der Waals surface area (Å²) in [5.74, 6) is 0.852. The van der Waals surface area contributed by atoms with Crippen molar-refractivity contribution in [2.75, 3.05) is 6.61 Å². The van der Waals surface area contributed by atoms with Crippen LogP contribution in [0.4, 0.5) is 0 Å². The van der Waals surface area contributed by atoms with E-state index in [9.17, 15) is 0 Å². The molecule has 0 bridgehead atoms. The van der Waals surface area contributed by atoms with Gasteiger partial charge in [0, 0.05) is 0 Å². The number of benzene rings is 1. The van der Waals surface area contributed by atoms with Crippen molar-refractivity contribution in [2.24, 2.45) is 0 Å². The van der Waals surface area contributed by atoms with Crippen LogP contribution in [0.25, 0.3) is 0 Å². The molecular formula is C13H11BrClIOS. The summed E-state index contributed by atoms with van der Waals surface area (Å²) in [4.78, 5) is 0. The first-order valence-electron chi connectivity index (χ1n) is 5.42. The molecule has 1 atom stereocenters. The van der Waals surface area contributed by atoms with Crippen molar-refractivity contribution >= 4 is 61.5 Å². The smallest absolute Gasteiger partial charge is 0.133 e. The first kappa shape index (κ1) is 14.6. The van der Waals surface area contributed by atoms with Crippen LogP contribution in [0.15, 0.2) is 34.1 Å². The molecule has 0 aliphatic carbocycles. The topological polar surface area (TPSA) is 9.23 Å². The second kappa shape index (κ2) is 6.59. The Morgan fingerprint density at radius 2 is 2.17 bits per heavy atom. The molecule has 2 rings (SSSR count). The highest BCUT2D eigenvalue weighted by Crippen LogP contribution is 2.36. The maximum atomic E-state index is 6.49. The SMILES string of the molecule is CCOc1ccc(C(Cl)c2csc(I)c2)cc1Br. The number of rotatable bonds is 4. The Hall–Kier alpha value is 0.220. The van der Waals surface area contributed by atoms with Crippen LogP contribution in [0, 0.1) is 2.88 Å². The third-order valence-corrected chi connectivity index (χ3v) is 5.36. The summed E-state index contributed by atoms with van der Waals surface area (Å²) >= 11 is 14.0. The average molecular weight is 458 g/mol. The Kier molecular flexibility index (Phi) is 5.35. The average Bonchev–Trinajstić information content (AvgIpc) is 2.78. The van der Waals surface area contributed by atoms with Gasteiger partial charge in [-0.05, 0) is 80.2 Å². The van der Waals surface area contributed by atoms with Crippen LogP contribution in [0.2, 0.25) is 0 Å². The molecule has 96 valence electrons. The van der Waals surface area contributed by atoms with E-state index in [1.165, 1.54) is 2.88 Å². The maximum absolute atomic E-state index is 6.49. The fraction of sp³-hybridized carbons (Fsp3) is 0.231. The molecule has 0 spiro atoms. The number of halogens is 3. The van der Waals surface area contributed by atoms with E-state index in [-0.39, 0.29) is 5.38 Å². The fourth-order valence-corrected chi connectivity index (χ4v) is 3.84. The van der Waals surface area contributed by atoms with E-state index in [1.807, 2.05) is 25.1 Å². The summed E-state index contributed by atoms with van der Waals surface area (Å²) < 4.78 is 7.68. The van der Waals surface area contributed by atoms with Crippen LogP contribution < -0.4 is 4.74 Å². The molecule has 0 radical (unpaired) electrons. The summed E-state index contributed by atoms with van der Waals surface area (Å²) in [7, 11) is 0. The normalized spacial score (nSPS) is 12.4. The van der Waals surface area contributed by atoms with Gasteiger partial charge in [0.1, 0.15) is 5.75 Å². The van der Waals surface area contributed by atoms with Crippen LogP contribution in [-0.4, -0.2) is 6.61 Å². The lowest BCUT2D eigenvalue weighted by Gasteiger charge is -2.11. The Morgan fingerprint density at radius 3 is 2.72 bits per heavy atom. The predicted molar refractivity (Wildman–Crippen MR) is 90.0 cm³/mol. The van der Waals surface area contributed by atoms with Gasteiger partial charge in [-0.2, -0.15) is 0 Å². The lowest BCUT2D eigenvalue weighted by molar-refractivity contribution is 0.338. The molecular weight excluding hydrogens is 446 g/mol. The van der Waals surface area contributed by atoms with Crippen LogP contribution in [0.5, 0.6) is 5.75 Å². The highest BCUT2D eigenvalue weighted by molar-refractivity contribution is 14.1. The van der Waals surface area contributed by atoms with E-state index in [2.05, 4.69) is 50.0 Å². The molecule has 0 aliphatic heterocycles. The molecule has 0 fully saturated rings. The third kappa shape index (κ3) is 3.40. The number of ether oxygens (including phenoxy) is 1. The van der Waals surface area contributed by atoms with Crippen molar-refractivity contribution < 1.29 is 4.74 Å². The zero-order chi connectivity index (χ0) is 13.1. The highest BCUT2D eigenvalue weighted by atomic mass is 127. The second-order valence-electron chi connectivity index (χ2n) is 3.67. The first-order chi connectivity index (χ1) is 8.61. The zero-order valence-corrected chi connectivity index (χ0v) is 14.9. The van der Waals surface area contributed by atoms with Gasteiger partial charge >= 0.3 is 0 Å². The van der Waals surface area contributed by atoms with Crippen LogP contribution >= 0.6 is 61.5 Å². The molecule has 18 heavy (non-hydrogen) atoms. The summed E-state index contributed by atoms with van der Waals surface area (Å²) in [6.45, 7) is 2.63. The van der Waals surface area contributed by atoms with Crippen molar-refractivity contribution in [1.29, 1.82) is 0 Å². The van der Waals surface area contributed by atoms with Crippen LogP contribution in [0.1, 0.15) is 23.4 Å². The molecule has 0 saturated carbocycles. The first-order valence-corrected chi connectivity index (χ1v) is 8.61. The molecule has 1 aromatic carbocycles. The van der Waals surface area contributed by atoms with Gasteiger partial charge in [-0.3, -0.25) is 0 Å². The molecule has 0 N–H and O–H groups in total. The quantitative estimate of drug-likeness (QED) is 0.414. The van der Waals surface area contributed by atoms with E-state index < -0.39 is 0 Å². The van der Waals surface area contributed by atoms with Gasteiger partial charge in [0.25, 0.3) is 0 Å². The molecule has 0 aliphatic rings. The minimum atomic E-state index is -0.114. The van der Waals surface area contributed by atoms with Crippen LogP contribution in [0.3, 0.4) is 0 Å². The zero-order valence-electron chi connectivity index (χ0n) is 9.62. The summed E-state index contributed by atoms with van der Waals surface area (Å²) in [5, 5.41) is 1.99. The number of thiophene rings is 1. The summed E-state index contributed by atoms with van der Waals surface area (Å²) in [5.41, 5.74) is 2.21. The third-order valence-electron chi connectivity index (χ3n) is 2.43. The van der Waals surface area contributed by atoms with E-state index in [1.54, 1.807) is 11.3 Å². The Morgan fingerprint density at radius 1 is 1.39 bits per heavy atom. The molecule has 5 heteroatoms. The fourth-order valence-electron chi connectivity index (χ4n) is 1.60. The largest absolute Gasteiger partial charge is 0.493 e. The van der Waals surface area contributed by atoms with Crippen molar-refractivity contribution in [3.63, 3.8) is 0 Å². The second-order valence-corrected chi connectivity index (χ2v) is 7.77. The van der Waals surface area contributed by atoms with E-state index in [0.29, 0.717) is 6.61 Å². The minimum Gasteiger partial charge on any atom is -0.493 e. The van der Waals surface area contributed by atoms with Crippen molar-refractivity contribution in [3.05, 3.63) is 48.1 Å². The predicted octanol–water partition coefficient (Wildman–Crippen LogP) is 5.84. The Balaban J connectivity index is 2.26. The van der Waals surface area contributed by atoms with Crippen molar-refractivity contribution in [2.45, 2.75) is 12.3 Å². The molecule has 1 aromatic heterocycles. The summed E-state index contributed by atoms with van der Waals surface area (Å²) in [6, 6.07) is 8.11. The Labute approximate surface area is 138 Å². The van der Waals surface area contributed by atoms with E-state index in [0.717, 1.165) is 21.3 Å². The standard InChI is InChI=1S/C13H11BrClIOS/c1-2-17-11-4-3-8(5-10(11)14)13(15)9-6-12(16)18-7-9/h3-7,13H,2H2,1H3. The van der Waals surface area contributed by atoms with Gasteiger partial charge in [0.2, 0.25) is 0 Å². The van der Waals surface area contributed by atoms with E-state index in [4.69, 9.17) is 16.3 Å². The highest BCUT2D eigenvalue weighted by Gasteiger charge is 2.14. The van der Waals surface area contributed by atoms with Crippen molar-refractivity contribution in [3.8, 4) is 5.75 Å². The monoisotopic (exact) mass is 456 g/mol. The molecule has 1 heterocycles. The number of alkyl halides is 1. The van der Waals surface area contributed by atoms with Crippen molar-refractivity contribution in [1.82, 2.24) is 0 Å². The lowest BCUT2D eigenvalue weighted by atomic mass is 10.1. The van der Waals surface area contributed by atoms with Crippen LogP contribution in [-0.2, 0) is 0 Å². The molecule has 1 nitrogen and oxygen atoms in total. The molecule has 0 saturated heterocycles. The van der Waals surface area contributed by atoms with Gasteiger partial charge in [-0.25, -0.2) is 0 Å². The van der Waals surface area contributed by atoms with Gasteiger partial charge < -0.3 is 4.74 Å². The lowest BCUT2D eigenvalue weighted by Crippen LogP contribution is -1.95. The minimum absolute atomic E-state index is 0.114. The van der Waals surface area contributed by atoms with Gasteiger partial charge in [0.05, 0.1) is 19.3 Å². The van der Waals surface area contributed by atoms with E-state index >= 15 is 0 Å². The molecule has 1 unspecified atom stereocenters. The molecule has 0 amide bonds. The van der Waals surface area contributed by atoms with Gasteiger partial charge in [0.15, 0.2) is 0 Å². The summed E-state index contributed by atoms with van der Waals surface area (Å²) in [6.07, 6.45) is 0. The van der Waals surface area contributed by atoms with Gasteiger partial charge in [-0.1, -0.05) is 6.07 Å². The number of hydrogen-bond donors (Lipinski definition) is 0. The maximum Gasteiger partial charge on any atom is 0.133 e. The molecule has 2 aromatic rings. The van der Waals surface area contributed by atoms with Gasteiger partial charge in [-0.15, -0.1) is 22.9 Å². The number of hydrogen-bond acceptors (Lipinski definition) is 2. The Bertz CT molecular complexity index is 544.